The van der Waals surface area contributed by atoms with Gasteiger partial charge in [-0.3, -0.25) is 5.10 Å². The molecule has 2 heterocycles. The summed E-state index contributed by atoms with van der Waals surface area (Å²) in [6.07, 6.45) is 13.6. The normalized spacial score (nSPS) is 27.2. The summed E-state index contributed by atoms with van der Waals surface area (Å²) in [7, 11) is -3.56. The Balaban J connectivity index is 1.21. The number of aromatic nitrogens is 3. The summed E-state index contributed by atoms with van der Waals surface area (Å²) in [5.74, 6) is 1.25. The number of hydrogen-bond donors (Lipinski definition) is 4. The first-order chi connectivity index (χ1) is 17.8. The van der Waals surface area contributed by atoms with Crippen LogP contribution in [0.3, 0.4) is 0 Å². The molecule has 12 heteroatoms. The number of nitrogens with one attached hydrogen (secondary N) is 3. The van der Waals surface area contributed by atoms with Crippen molar-refractivity contribution >= 4 is 39.0 Å². The molecule has 1 atom stereocenters. The third kappa shape index (κ3) is 5.64. The summed E-state index contributed by atoms with van der Waals surface area (Å²) in [5, 5.41) is 22.9. The molecule has 0 aromatic carbocycles. The fourth-order valence-corrected chi connectivity index (χ4v) is 7.55. The van der Waals surface area contributed by atoms with Crippen LogP contribution in [0.5, 0.6) is 0 Å². The van der Waals surface area contributed by atoms with Gasteiger partial charge in [0.2, 0.25) is 0 Å². The minimum absolute atomic E-state index is 0.00763. The molecule has 4 aliphatic rings. The van der Waals surface area contributed by atoms with E-state index < -0.39 is 16.1 Å². The fourth-order valence-electron chi connectivity index (χ4n) is 5.03. The highest BCUT2D eigenvalue weighted by atomic mass is 32.2. The van der Waals surface area contributed by atoms with Crippen LogP contribution in [0.25, 0.3) is 0 Å². The molecule has 0 radical (unpaired) electrons. The minimum atomic E-state index is -3.56. The fraction of sp³-hybridized carbons (Fsp3) is 0.520. The first kappa shape index (κ1) is 24.4. The van der Waals surface area contributed by atoms with Crippen molar-refractivity contribution in [1.29, 1.82) is 0 Å². The molecule has 1 unspecified atom stereocenters. The van der Waals surface area contributed by atoms with Gasteiger partial charge in [-0.15, -0.1) is 11.3 Å². The van der Waals surface area contributed by atoms with Gasteiger partial charge >= 0.3 is 6.09 Å². The van der Waals surface area contributed by atoms with E-state index in [0.717, 1.165) is 47.0 Å². The van der Waals surface area contributed by atoms with Crippen molar-refractivity contribution in [2.45, 2.75) is 80.4 Å². The number of anilines is 1. The highest BCUT2D eigenvalue weighted by Crippen LogP contribution is 2.41. The lowest BCUT2D eigenvalue weighted by atomic mass is 9.86. The summed E-state index contributed by atoms with van der Waals surface area (Å²) in [6.45, 7) is 0. The van der Waals surface area contributed by atoms with Crippen molar-refractivity contribution in [3.8, 4) is 0 Å². The van der Waals surface area contributed by atoms with Gasteiger partial charge in [-0.1, -0.05) is 6.08 Å². The molecule has 196 valence electrons. The van der Waals surface area contributed by atoms with Crippen LogP contribution in [-0.4, -0.2) is 51.8 Å². The van der Waals surface area contributed by atoms with E-state index in [4.69, 9.17) is 5.11 Å². The highest BCUT2D eigenvalue weighted by molar-refractivity contribution is 7.91. The number of carboxylic acid groups (broad SMARTS) is 1. The summed E-state index contributed by atoms with van der Waals surface area (Å²) in [5.41, 5.74) is 2.35. The van der Waals surface area contributed by atoms with Crippen LogP contribution in [0.4, 0.5) is 10.6 Å². The summed E-state index contributed by atoms with van der Waals surface area (Å²) < 4.78 is 29.9. The molecule has 10 nitrogen and oxygen atoms in total. The number of carbonyl (C=O) groups is 1. The summed E-state index contributed by atoms with van der Waals surface area (Å²) >= 11 is 1.59. The quantitative estimate of drug-likeness (QED) is 0.380. The third-order valence-electron chi connectivity index (χ3n) is 7.41. The van der Waals surface area contributed by atoms with E-state index in [9.17, 15) is 13.2 Å². The number of aromatic amines is 1. The zero-order valence-electron chi connectivity index (χ0n) is 20.3. The van der Waals surface area contributed by atoms with Crippen molar-refractivity contribution < 1.29 is 18.3 Å². The van der Waals surface area contributed by atoms with Crippen LogP contribution in [0, 0.1) is 0 Å². The Morgan fingerprint density at radius 2 is 1.86 bits per heavy atom. The number of H-pyrrole nitrogens is 1. The van der Waals surface area contributed by atoms with Crippen molar-refractivity contribution in [1.82, 2.24) is 20.5 Å². The molecule has 3 saturated carbocycles. The number of rotatable bonds is 8. The molecule has 0 bridgehead atoms. The lowest BCUT2D eigenvalue weighted by Crippen LogP contribution is -2.36. The van der Waals surface area contributed by atoms with Gasteiger partial charge in [0.15, 0.2) is 5.82 Å². The van der Waals surface area contributed by atoms with Gasteiger partial charge in [-0.05, 0) is 63.5 Å². The Hall–Kier alpha value is -2.99. The molecule has 1 amide bonds. The molecule has 0 spiro atoms. The van der Waals surface area contributed by atoms with Crippen LogP contribution < -0.4 is 10.6 Å². The Kier molecular flexibility index (Phi) is 6.39. The van der Waals surface area contributed by atoms with E-state index in [1.165, 1.54) is 12.8 Å². The molecule has 6 rings (SSSR count). The van der Waals surface area contributed by atoms with Crippen LogP contribution in [0.2, 0.25) is 0 Å². The van der Waals surface area contributed by atoms with Crippen LogP contribution in [-0.2, 0) is 10.0 Å². The van der Waals surface area contributed by atoms with Crippen molar-refractivity contribution in [2.24, 2.45) is 4.40 Å². The van der Waals surface area contributed by atoms with Gasteiger partial charge in [0.05, 0.1) is 21.9 Å². The van der Waals surface area contributed by atoms with Crippen molar-refractivity contribution in [3.63, 3.8) is 0 Å². The second-order valence-electron chi connectivity index (χ2n) is 10.4. The van der Waals surface area contributed by atoms with E-state index >= 15 is 0 Å². The highest BCUT2D eigenvalue weighted by Gasteiger charge is 2.37. The third-order valence-corrected chi connectivity index (χ3v) is 10.4. The lowest BCUT2D eigenvalue weighted by molar-refractivity contribution is 0.185. The maximum absolute atomic E-state index is 12.8. The van der Waals surface area contributed by atoms with E-state index in [-0.39, 0.29) is 23.1 Å². The Bertz CT molecular complexity index is 1380. The number of thiazole rings is 1. The SMILES string of the molecule is O=C(O)NC1CCC(c2ncc(C3C=CC(Nc4cc(C5CC5)[nH]n4)=CC3=NS(=O)(=O)C3CC3)s2)CC1. The lowest BCUT2D eigenvalue weighted by Gasteiger charge is -2.27. The van der Waals surface area contributed by atoms with E-state index in [1.807, 2.05) is 24.4 Å². The van der Waals surface area contributed by atoms with Crippen LogP contribution in [0.1, 0.15) is 84.7 Å². The van der Waals surface area contributed by atoms with Gasteiger partial charge < -0.3 is 15.7 Å². The summed E-state index contributed by atoms with van der Waals surface area (Å²) in [4.78, 5) is 16.6. The Labute approximate surface area is 219 Å². The molecule has 4 N–H and O–H groups in total. The van der Waals surface area contributed by atoms with Crippen LogP contribution in [0.15, 0.2) is 40.6 Å². The number of hydrogen-bond acceptors (Lipinski definition) is 7. The maximum atomic E-state index is 12.8. The minimum Gasteiger partial charge on any atom is -0.465 e. The molecule has 2 aromatic heterocycles. The number of sulfonamides is 1. The van der Waals surface area contributed by atoms with Gasteiger partial charge in [0.1, 0.15) is 0 Å². The molecular weight excluding hydrogens is 512 g/mol. The topological polar surface area (TPSA) is 149 Å². The largest absolute Gasteiger partial charge is 0.465 e. The van der Waals surface area contributed by atoms with Gasteiger partial charge in [0.25, 0.3) is 10.0 Å². The second-order valence-corrected chi connectivity index (χ2v) is 13.3. The maximum Gasteiger partial charge on any atom is 0.404 e. The molecule has 0 saturated heterocycles. The van der Waals surface area contributed by atoms with E-state index in [2.05, 4.69) is 30.2 Å². The first-order valence-electron chi connectivity index (χ1n) is 12.8. The zero-order chi connectivity index (χ0) is 25.6. The zero-order valence-corrected chi connectivity index (χ0v) is 21.9. The monoisotopic (exact) mass is 542 g/mol. The number of nitrogens with zero attached hydrogens (tertiary/aromatic N) is 3. The molecule has 3 fully saturated rings. The molecule has 37 heavy (non-hydrogen) atoms. The van der Waals surface area contributed by atoms with E-state index in [0.29, 0.717) is 30.3 Å². The average Bonchev–Trinajstić information content (AvgIpc) is 3.80. The summed E-state index contributed by atoms with van der Waals surface area (Å²) in [6, 6.07) is 2.00. The predicted molar refractivity (Wildman–Crippen MR) is 142 cm³/mol. The van der Waals surface area contributed by atoms with Crippen LogP contribution >= 0.6 is 11.3 Å². The molecule has 2 aromatic rings. The molecular formula is C25H30N6O4S2. The van der Waals surface area contributed by atoms with Gasteiger partial charge in [-0.25, -0.2) is 18.2 Å². The Morgan fingerprint density at radius 1 is 1.11 bits per heavy atom. The second kappa shape index (κ2) is 9.71. The average molecular weight is 543 g/mol. The molecule has 4 aliphatic carbocycles. The van der Waals surface area contributed by atoms with Crippen molar-refractivity contribution in [2.75, 3.05) is 5.32 Å². The Morgan fingerprint density at radius 3 is 2.57 bits per heavy atom. The van der Waals surface area contributed by atoms with Gasteiger partial charge in [0, 0.05) is 46.4 Å². The number of amides is 1. The number of allylic oxidation sites excluding steroid dienone is 3. The predicted octanol–water partition coefficient (Wildman–Crippen LogP) is 4.62. The molecule has 0 aliphatic heterocycles. The smallest absolute Gasteiger partial charge is 0.404 e. The van der Waals surface area contributed by atoms with E-state index in [1.54, 1.807) is 17.4 Å². The van der Waals surface area contributed by atoms with Gasteiger partial charge in [-0.2, -0.15) is 9.50 Å². The standard InChI is InChI=1S/C25H30N6O4S2/c32-25(33)28-16-5-3-15(4-6-16)24-26-13-22(36-24)19-10-7-17(11-21(19)31-37(34,35)18-8-9-18)27-23-12-20(29-30-23)14-1-2-14/h7,10-16,18-19,28H,1-6,8-9H2,(H,32,33)(H2,27,29,30). The first-order valence-corrected chi connectivity index (χ1v) is 15.2. The van der Waals surface area contributed by atoms with Crippen molar-refractivity contribution in [3.05, 3.63) is 51.8 Å².